The summed E-state index contributed by atoms with van der Waals surface area (Å²) in [6.45, 7) is -1.51. The van der Waals surface area contributed by atoms with Gasteiger partial charge in [0.25, 0.3) is 0 Å². The van der Waals surface area contributed by atoms with Crippen LogP contribution >= 0.6 is 7.82 Å². The van der Waals surface area contributed by atoms with Gasteiger partial charge in [0.15, 0.2) is 0 Å². The number of phosphoric acid groups is 1. The van der Waals surface area contributed by atoms with Crippen molar-refractivity contribution in [1.29, 1.82) is 0 Å². The summed E-state index contributed by atoms with van der Waals surface area (Å²) in [6, 6.07) is 13.7. The van der Waals surface area contributed by atoms with Gasteiger partial charge in [-0.3, -0.25) is 0 Å². The fourth-order valence-corrected chi connectivity index (χ4v) is 5.21. The van der Waals surface area contributed by atoms with Crippen molar-refractivity contribution in [2.24, 2.45) is 0 Å². The molecule has 10 nitrogen and oxygen atoms in total. The van der Waals surface area contributed by atoms with E-state index in [1.165, 1.54) is 0 Å². The summed E-state index contributed by atoms with van der Waals surface area (Å²) < 4.78 is 156. The largest absolute Gasteiger partial charge is 0.647 e. The number of hydrogen-bond acceptors (Lipinski definition) is 10. The molecular formula is C33H30F9O10P. The number of esters is 3. The van der Waals surface area contributed by atoms with E-state index in [1.54, 1.807) is 0 Å². The van der Waals surface area contributed by atoms with Crippen LogP contribution in [0.15, 0.2) is 72.8 Å². The van der Waals surface area contributed by atoms with Crippen LogP contribution in [0.5, 0.6) is 17.2 Å². The Morgan fingerprint density at radius 2 is 0.660 bits per heavy atom. The molecule has 0 unspecified atom stereocenters. The third kappa shape index (κ3) is 16.5. The van der Waals surface area contributed by atoms with Gasteiger partial charge in [-0.15, -0.1) is 0 Å². The van der Waals surface area contributed by atoms with E-state index in [9.17, 15) is 58.5 Å². The molecule has 0 aliphatic carbocycles. The van der Waals surface area contributed by atoms with E-state index in [0.717, 1.165) is 72.8 Å². The first-order valence-corrected chi connectivity index (χ1v) is 16.9. The highest BCUT2D eigenvalue weighted by atomic mass is 31.2. The molecule has 0 atom stereocenters. The monoisotopic (exact) mass is 788 g/mol. The minimum atomic E-state index is -4.78. The number of alkyl halides is 9. The molecule has 0 N–H and O–H groups in total. The van der Waals surface area contributed by atoms with Crippen LogP contribution < -0.4 is 13.6 Å². The third-order valence-corrected chi connectivity index (χ3v) is 7.74. The smallest absolute Gasteiger partial charge is 0.462 e. The van der Waals surface area contributed by atoms with E-state index >= 15 is 0 Å². The Labute approximate surface area is 295 Å². The molecule has 3 aromatic carbocycles. The molecule has 53 heavy (non-hydrogen) atoms. The van der Waals surface area contributed by atoms with Crippen LogP contribution in [-0.2, 0) is 18.8 Å². The summed E-state index contributed by atoms with van der Waals surface area (Å²) >= 11 is 0. The molecular weight excluding hydrogens is 758 g/mol. The number of carbonyl (C=O) groups excluding carboxylic acids is 3. The quantitative estimate of drug-likeness (QED) is 0.0405. The number of halogens is 9. The number of hydrogen-bond donors (Lipinski definition) is 0. The molecule has 0 heterocycles. The zero-order valence-electron chi connectivity index (χ0n) is 27.2. The van der Waals surface area contributed by atoms with E-state index in [1.807, 2.05) is 0 Å². The normalized spacial score (nSPS) is 12.1. The number of ether oxygens (including phenoxy) is 3. The summed E-state index contributed by atoms with van der Waals surface area (Å²) in [6.07, 6.45) is -18.1. The summed E-state index contributed by atoms with van der Waals surface area (Å²) in [4.78, 5) is 36.7. The highest BCUT2D eigenvalue weighted by Crippen LogP contribution is 2.50. The van der Waals surface area contributed by atoms with Gasteiger partial charge in [0.1, 0.15) is 17.2 Å². The lowest BCUT2D eigenvalue weighted by Gasteiger charge is -2.20. The van der Waals surface area contributed by atoms with E-state index in [-0.39, 0.29) is 33.9 Å². The first-order valence-electron chi connectivity index (χ1n) is 15.4. The van der Waals surface area contributed by atoms with Crippen molar-refractivity contribution in [3.05, 3.63) is 89.5 Å². The topological polar surface area (TPSA) is 124 Å². The van der Waals surface area contributed by atoms with Crippen molar-refractivity contribution in [1.82, 2.24) is 0 Å². The molecule has 0 saturated heterocycles. The summed E-state index contributed by atoms with van der Waals surface area (Å²) in [5, 5.41) is 0. The molecule has 20 heteroatoms. The van der Waals surface area contributed by atoms with Crippen LogP contribution in [-0.4, -0.2) is 56.3 Å². The minimum Gasteiger partial charge on any atom is -0.462 e. The van der Waals surface area contributed by atoms with Gasteiger partial charge in [-0.25, -0.2) is 14.4 Å². The number of carbonyl (C=O) groups is 3. The Kier molecular flexibility index (Phi) is 15.0. The third-order valence-electron chi connectivity index (χ3n) is 6.43. The maximum absolute atomic E-state index is 13.9. The molecule has 0 aromatic heterocycles. The lowest BCUT2D eigenvalue weighted by Crippen LogP contribution is -2.12. The Morgan fingerprint density at radius 3 is 0.868 bits per heavy atom. The Balaban J connectivity index is 1.72. The minimum absolute atomic E-state index is 0.0946. The van der Waals surface area contributed by atoms with Crippen molar-refractivity contribution in [2.75, 3.05) is 19.8 Å². The first-order chi connectivity index (χ1) is 24.7. The number of rotatable bonds is 18. The summed E-state index contributed by atoms with van der Waals surface area (Å²) in [7, 11) is -4.78. The molecule has 0 radical (unpaired) electrons. The van der Waals surface area contributed by atoms with E-state index in [2.05, 4.69) is 0 Å². The van der Waals surface area contributed by atoms with Crippen LogP contribution in [0.4, 0.5) is 39.5 Å². The van der Waals surface area contributed by atoms with Gasteiger partial charge in [0.2, 0.25) is 0 Å². The average Bonchev–Trinajstić information content (AvgIpc) is 3.06. The van der Waals surface area contributed by atoms with Crippen molar-refractivity contribution in [2.45, 2.75) is 57.1 Å². The second-order valence-corrected chi connectivity index (χ2v) is 12.3. The maximum Gasteiger partial charge on any atom is 0.647 e. The molecule has 0 aliphatic heterocycles. The Morgan fingerprint density at radius 1 is 0.434 bits per heavy atom. The first kappa shape index (κ1) is 42.5. The van der Waals surface area contributed by atoms with Crippen LogP contribution in [0.25, 0.3) is 0 Å². The highest BCUT2D eigenvalue weighted by molar-refractivity contribution is 7.49. The molecule has 3 rings (SSSR count). The van der Waals surface area contributed by atoms with Crippen molar-refractivity contribution >= 4 is 25.7 Å². The summed E-state index contributed by atoms with van der Waals surface area (Å²) in [5.74, 6) is -3.48. The average molecular weight is 789 g/mol. The van der Waals surface area contributed by atoms with Gasteiger partial charge >= 0.3 is 44.3 Å². The number of benzene rings is 3. The molecule has 0 fully saturated rings. The second-order valence-electron chi connectivity index (χ2n) is 10.9. The molecule has 0 aliphatic rings. The highest BCUT2D eigenvalue weighted by Gasteiger charge is 2.34. The predicted molar refractivity (Wildman–Crippen MR) is 166 cm³/mol. The maximum atomic E-state index is 13.9. The van der Waals surface area contributed by atoms with Crippen molar-refractivity contribution in [3.63, 3.8) is 0 Å². The van der Waals surface area contributed by atoms with E-state index in [0.29, 0.717) is 0 Å². The molecule has 3 aromatic rings. The van der Waals surface area contributed by atoms with E-state index in [4.69, 9.17) is 27.8 Å². The Bertz CT molecular complexity index is 1490. The zero-order valence-corrected chi connectivity index (χ0v) is 28.1. The molecule has 0 bridgehead atoms. The van der Waals surface area contributed by atoms with Gasteiger partial charge < -0.3 is 27.8 Å². The number of phosphoric ester groups is 1. The van der Waals surface area contributed by atoms with Gasteiger partial charge in [0, 0.05) is 19.3 Å². The predicted octanol–water partition coefficient (Wildman–Crippen LogP) is 9.83. The zero-order chi connectivity index (χ0) is 39.3. The second kappa shape index (κ2) is 18.7. The van der Waals surface area contributed by atoms with Crippen molar-refractivity contribution in [3.8, 4) is 17.2 Å². The molecule has 290 valence electrons. The van der Waals surface area contributed by atoms with Gasteiger partial charge in [-0.1, -0.05) is 0 Å². The lowest BCUT2D eigenvalue weighted by atomic mass is 10.2. The van der Waals surface area contributed by atoms with E-state index < -0.39 is 103 Å². The fourth-order valence-electron chi connectivity index (χ4n) is 3.96. The molecule has 0 spiro atoms. The SMILES string of the molecule is O=C(OCCCC(F)(F)F)c1ccc(OP(=O)(Oc2ccc(C(=O)OCCCC(F)(F)F)cc2)Oc2ccc(C(=O)OCCCC(F)(F)F)cc2)cc1. The summed E-state index contributed by atoms with van der Waals surface area (Å²) in [5.41, 5.74) is -0.284. The van der Waals surface area contributed by atoms with Gasteiger partial charge in [0.05, 0.1) is 36.5 Å². The standard InChI is InChI=1S/C33H30F9O10P/c34-31(35,36)16-1-19-47-28(43)22-4-10-25(11-5-22)50-53(46,51-26-12-6-23(7-13-26)29(44)48-20-2-17-32(37,38)39)52-27-14-8-24(9-15-27)30(45)49-21-3-18-33(40,41)42/h4-15H,1-3,16-21H2. The van der Waals surface area contributed by atoms with Gasteiger partial charge in [-0.2, -0.15) is 44.1 Å². The lowest BCUT2D eigenvalue weighted by molar-refractivity contribution is -0.137. The van der Waals surface area contributed by atoms with Crippen molar-refractivity contribution < 1.29 is 86.2 Å². The molecule has 0 saturated carbocycles. The van der Waals surface area contributed by atoms with Crippen LogP contribution in [0.3, 0.4) is 0 Å². The van der Waals surface area contributed by atoms with Gasteiger partial charge in [-0.05, 0) is 92.1 Å². The van der Waals surface area contributed by atoms with Crippen LogP contribution in [0, 0.1) is 0 Å². The Hall–Kier alpha value is -4.93. The van der Waals surface area contributed by atoms with Crippen LogP contribution in [0.1, 0.15) is 69.6 Å². The molecule has 0 amide bonds. The van der Waals surface area contributed by atoms with Crippen LogP contribution in [0.2, 0.25) is 0 Å². The fraction of sp³-hybridized carbons (Fsp3) is 0.364.